The first-order chi connectivity index (χ1) is 17.1. The molecule has 1 aromatic heterocycles. The molecule has 1 saturated heterocycles. The van der Waals surface area contributed by atoms with Crippen molar-refractivity contribution in [3.8, 4) is 5.69 Å². The van der Waals surface area contributed by atoms with E-state index in [0.29, 0.717) is 18.4 Å². The number of anilines is 1. The molecule has 1 atom stereocenters. The molecule has 0 spiro atoms. The van der Waals surface area contributed by atoms with Gasteiger partial charge in [-0.2, -0.15) is 0 Å². The van der Waals surface area contributed by atoms with Crippen LogP contribution >= 0.6 is 11.8 Å². The number of carbonyl (C=O) groups excluding carboxylic acids is 1. The molecule has 35 heavy (non-hydrogen) atoms. The second-order valence-corrected chi connectivity index (χ2v) is 10.3. The Morgan fingerprint density at radius 3 is 2.69 bits per heavy atom. The van der Waals surface area contributed by atoms with Gasteiger partial charge in [0, 0.05) is 13.1 Å². The first kappa shape index (κ1) is 23.9. The minimum absolute atomic E-state index is 0.00747. The normalized spacial score (nSPS) is 16.6. The number of aromatic nitrogens is 3. The zero-order valence-electron chi connectivity index (χ0n) is 20.5. The van der Waals surface area contributed by atoms with Crippen LogP contribution in [0.15, 0.2) is 47.6 Å². The SMILES string of the molecule is Cc1cccc(-n2c(SCC(=O)NC(C)c3ccc4c(c3)CCCC4)nnc2N2CCOCC2)c1. The maximum absolute atomic E-state index is 12.9. The molecule has 0 radical (unpaired) electrons. The Kier molecular flexibility index (Phi) is 7.39. The lowest BCUT2D eigenvalue weighted by molar-refractivity contribution is -0.119. The number of hydrogen-bond acceptors (Lipinski definition) is 6. The minimum Gasteiger partial charge on any atom is -0.378 e. The molecule has 7 nitrogen and oxygen atoms in total. The molecule has 1 N–H and O–H groups in total. The van der Waals surface area contributed by atoms with Crippen molar-refractivity contribution >= 4 is 23.6 Å². The highest BCUT2D eigenvalue weighted by molar-refractivity contribution is 7.99. The van der Waals surface area contributed by atoms with Crippen LogP contribution in [0.1, 0.15) is 48.1 Å². The first-order valence-corrected chi connectivity index (χ1v) is 13.5. The van der Waals surface area contributed by atoms with Gasteiger partial charge in [0.15, 0.2) is 5.16 Å². The van der Waals surface area contributed by atoms with E-state index >= 15 is 0 Å². The highest BCUT2D eigenvalue weighted by atomic mass is 32.2. The molecule has 0 saturated carbocycles. The molecule has 184 valence electrons. The summed E-state index contributed by atoms with van der Waals surface area (Å²) in [7, 11) is 0. The largest absolute Gasteiger partial charge is 0.378 e. The number of thioether (sulfide) groups is 1. The summed E-state index contributed by atoms with van der Waals surface area (Å²) in [4.78, 5) is 15.1. The molecule has 1 amide bonds. The van der Waals surface area contributed by atoms with E-state index in [1.54, 1.807) is 0 Å². The molecule has 2 aromatic carbocycles. The average Bonchev–Trinajstić information content (AvgIpc) is 3.32. The van der Waals surface area contributed by atoms with Gasteiger partial charge < -0.3 is 15.0 Å². The van der Waals surface area contributed by atoms with E-state index in [1.807, 2.05) is 6.07 Å². The molecule has 3 aromatic rings. The highest BCUT2D eigenvalue weighted by Crippen LogP contribution is 2.28. The molecule has 2 aliphatic rings. The van der Waals surface area contributed by atoms with E-state index in [4.69, 9.17) is 4.74 Å². The van der Waals surface area contributed by atoms with Gasteiger partial charge in [-0.3, -0.25) is 9.36 Å². The van der Waals surface area contributed by atoms with E-state index in [9.17, 15) is 4.79 Å². The number of amides is 1. The lowest BCUT2D eigenvalue weighted by Gasteiger charge is -2.28. The van der Waals surface area contributed by atoms with E-state index in [2.05, 4.69) is 75.2 Å². The van der Waals surface area contributed by atoms with Crippen molar-refractivity contribution < 1.29 is 9.53 Å². The van der Waals surface area contributed by atoms with E-state index in [1.165, 1.54) is 47.7 Å². The highest BCUT2D eigenvalue weighted by Gasteiger charge is 2.23. The quantitative estimate of drug-likeness (QED) is 0.498. The number of nitrogens with one attached hydrogen (secondary N) is 1. The third-order valence-electron chi connectivity index (χ3n) is 6.75. The maximum Gasteiger partial charge on any atom is 0.232 e. The van der Waals surface area contributed by atoms with E-state index in [0.717, 1.165) is 36.7 Å². The summed E-state index contributed by atoms with van der Waals surface area (Å²) in [6, 6.07) is 14.9. The second kappa shape index (κ2) is 10.8. The number of benzene rings is 2. The van der Waals surface area contributed by atoms with Crippen LogP contribution in [0.3, 0.4) is 0 Å². The van der Waals surface area contributed by atoms with Crippen LogP contribution < -0.4 is 10.2 Å². The van der Waals surface area contributed by atoms with E-state index < -0.39 is 0 Å². The van der Waals surface area contributed by atoms with Gasteiger partial charge in [-0.15, -0.1) is 10.2 Å². The van der Waals surface area contributed by atoms with Crippen LogP contribution in [0.2, 0.25) is 0 Å². The number of carbonyl (C=O) groups is 1. The Hall–Kier alpha value is -2.84. The summed E-state index contributed by atoms with van der Waals surface area (Å²) in [6.07, 6.45) is 4.83. The third-order valence-corrected chi connectivity index (χ3v) is 7.68. The lowest BCUT2D eigenvalue weighted by Crippen LogP contribution is -2.37. The van der Waals surface area contributed by atoms with Gasteiger partial charge in [-0.25, -0.2) is 0 Å². The standard InChI is InChI=1S/C27H33N5O2S/c1-19-6-5-9-24(16-19)32-26(31-12-14-34-15-13-31)29-30-27(32)35-18-25(33)28-20(2)22-11-10-21-7-3-4-8-23(21)17-22/h5-6,9-11,16-17,20H,3-4,7-8,12-15,18H2,1-2H3,(H,28,33). The van der Waals surface area contributed by atoms with Gasteiger partial charge in [-0.1, -0.05) is 42.1 Å². The topological polar surface area (TPSA) is 72.3 Å². The average molecular weight is 492 g/mol. The second-order valence-electron chi connectivity index (χ2n) is 9.37. The van der Waals surface area contributed by atoms with Gasteiger partial charge >= 0.3 is 0 Å². The molecule has 1 unspecified atom stereocenters. The Balaban J connectivity index is 1.29. The molecule has 2 heterocycles. The molecular formula is C27H33N5O2S. The maximum atomic E-state index is 12.9. The fraction of sp³-hybridized carbons (Fsp3) is 0.444. The number of rotatable bonds is 7. The molecular weight excluding hydrogens is 458 g/mol. The Morgan fingerprint density at radius 2 is 1.89 bits per heavy atom. The monoisotopic (exact) mass is 491 g/mol. The van der Waals surface area contributed by atoms with Crippen LogP contribution in [0.5, 0.6) is 0 Å². The van der Waals surface area contributed by atoms with Crippen molar-refractivity contribution in [3.63, 3.8) is 0 Å². The van der Waals surface area contributed by atoms with Crippen LogP contribution in [-0.2, 0) is 22.4 Å². The van der Waals surface area contributed by atoms with E-state index in [-0.39, 0.29) is 17.7 Å². The van der Waals surface area contributed by atoms with Gasteiger partial charge in [0.1, 0.15) is 0 Å². The number of nitrogens with zero attached hydrogens (tertiary/aromatic N) is 4. The van der Waals surface area contributed by atoms with Crippen molar-refractivity contribution in [2.24, 2.45) is 0 Å². The first-order valence-electron chi connectivity index (χ1n) is 12.5. The summed E-state index contributed by atoms with van der Waals surface area (Å²) >= 11 is 1.42. The van der Waals surface area contributed by atoms with Crippen LogP contribution in [0, 0.1) is 6.92 Å². The summed E-state index contributed by atoms with van der Waals surface area (Å²) in [6.45, 7) is 7.02. The number of ether oxygens (including phenoxy) is 1. The number of aryl methyl sites for hydroxylation is 3. The van der Waals surface area contributed by atoms with Gasteiger partial charge in [0.2, 0.25) is 11.9 Å². The van der Waals surface area contributed by atoms with Crippen molar-refractivity contribution in [3.05, 3.63) is 64.7 Å². The number of hydrogen-bond donors (Lipinski definition) is 1. The summed E-state index contributed by atoms with van der Waals surface area (Å²) < 4.78 is 7.58. The Morgan fingerprint density at radius 1 is 1.09 bits per heavy atom. The van der Waals surface area contributed by atoms with Crippen LogP contribution in [0.4, 0.5) is 5.95 Å². The van der Waals surface area contributed by atoms with Gasteiger partial charge in [-0.05, 0) is 73.9 Å². The fourth-order valence-corrected chi connectivity index (χ4v) is 5.59. The molecule has 5 rings (SSSR count). The molecule has 1 aliphatic carbocycles. The molecule has 0 bridgehead atoms. The van der Waals surface area contributed by atoms with Crippen molar-refractivity contribution in [1.82, 2.24) is 20.1 Å². The Bertz CT molecular complexity index is 1190. The third kappa shape index (κ3) is 5.54. The van der Waals surface area contributed by atoms with Crippen LogP contribution in [-0.4, -0.2) is 52.7 Å². The zero-order chi connectivity index (χ0) is 24.2. The summed E-state index contributed by atoms with van der Waals surface area (Å²) in [5.74, 6) is 1.07. The Labute approximate surface area is 211 Å². The smallest absolute Gasteiger partial charge is 0.232 e. The lowest BCUT2D eigenvalue weighted by atomic mass is 9.89. The predicted molar refractivity (Wildman–Crippen MR) is 139 cm³/mol. The fourth-order valence-electron chi connectivity index (χ4n) is 4.84. The van der Waals surface area contributed by atoms with Crippen LogP contribution in [0.25, 0.3) is 5.69 Å². The van der Waals surface area contributed by atoms with Crippen molar-refractivity contribution in [2.45, 2.75) is 50.7 Å². The van der Waals surface area contributed by atoms with Gasteiger partial charge in [0.25, 0.3) is 0 Å². The predicted octanol–water partition coefficient (Wildman–Crippen LogP) is 4.26. The van der Waals surface area contributed by atoms with Crippen molar-refractivity contribution in [2.75, 3.05) is 37.0 Å². The van der Waals surface area contributed by atoms with Gasteiger partial charge in [0.05, 0.1) is 30.7 Å². The van der Waals surface area contributed by atoms with Crippen molar-refractivity contribution in [1.29, 1.82) is 0 Å². The summed E-state index contributed by atoms with van der Waals surface area (Å²) in [5, 5.41) is 12.9. The molecule has 8 heteroatoms. The zero-order valence-corrected chi connectivity index (χ0v) is 21.3. The minimum atomic E-state index is -0.0334. The molecule has 1 fully saturated rings. The number of fused-ring (bicyclic) bond motifs is 1. The molecule has 1 aliphatic heterocycles. The summed E-state index contributed by atoms with van der Waals surface area (Å²) in [5.41, 5.74) is 6.23. The number of morpholine rings is 1.